The van der Waals surface area contributed by atoms with Gasteiger partial charge in [-0.3, -0.25) is 9.80 Å². The monoisotopic (exact) mass is 655 g/mol. The van der Waals surface area contributed by atoms with Crippen LogP contribution in [-0.4, -0.2) is 112 Å². The summed E-state index contributed by atoms with van der Waals surface area (Å²) in [4.78, 5) is 29.6. The summed E-state index contributed by atoms with van der Waals surface area (Å²) in [6.45, 7) is 20.3. The van der Waals surface area contributed by atoms with E-state index in [9.17, 15) is 9.59 Å². The molecule has 2 aliphatic heterocycles. The molecule has 2 fully saturated rings. The molecule has 0 aromatic rings. The van der Waals surface area contributed by atoms with Crippen LogP contribution in [-0.2, 0) is 18.9 Å². The molecular weight excluding hydrogens is 584 g/mol. The number of hydrogen-bond acceptors (Lipinski definition) is 8. The molecule has 2 amide bonds. The Bertz CT molecular complexity index is 740. The van der Waals surface area contributed by atoms with Gasteiger partial charge in [0.05, 0.1) is 13.2 Å². The second-order valence-electron chi connectivity index (χ2n) is 13.8. The molecule has 2 aliphatic rings. The summed E-state index contributed by atoms with van der Waals surface area (Å²) >= 11 is 0. The Hall–Kier alpha value is -1.62. The van der Waals surface area contributed by atoms with Gasteiger partial charge in [-0.25, -0.2) is 9.59 Å². The molecule has 10 nitrogen and oxygen atoms in total. The van der Waals surface area contributed by atoms with Crippen molar-refractivity contribution >= 4 is 12.2 Å². The minimum Gasteiger partial charge on any atom is -0.442 e. The summed E-state index contributed by atoms with van der Waals surface area (Å²) < 4.78 is 23.5. The number of nitrogens with zero attached hydrogens (tertiary/aromatic N) is 2. The van der Waals surface area contributed by atoms with Crippen LogP contribution in [0.3, 0.4) is 0 Å². The van der Waals surface area contributed by atoms with E-state index in [4.69, 9.17) is 18.9 Å². The highest BCUT2D eigenvalue weighted by atomic mass is 16.6. The molecule has 0 aromatic carbocycles. The summed E-state index contributed by atoms with van der Waals surface area (Å²) in [5.41, 5.74) is 0. The van der Waals surface area contributed by atoms with Crippen molar-refractivity contribution in [2.45, 2.75) is 143 Å². The summed E-state index contributed by atoms with van der Waals surface area (Å²) in [5, 5.41) is 5.81. The van der Waals surface area contributed by atoms with Gasteiger partial charge in [-0.1, -0.05) is 79.1 Å². The first-order chi connectivity index (χ1) is 22.3. The molecule has 270 valence electrons. The van der Waals surface area contributed by atoms with Crippen LogP contribution in [0.25, 0.3) is 0 Å². The largest absolute Gasteiger partial charge is 0.442 e. The highest BCUT2D eigenvalue weighted by Crippen LogP contribution is 2.19. The Labute approximate surface area is 281 Å². The van der Waals surface area contributed by atoms with Crippen molar-refractivity contribution in [3.8, 4) is 0 Å². The highest BCUT2D eigenvalue weighted by molar-refractivity contribution is 5.67. The quantitative estimate of drug-likeness (QED) is 0.0687. The van der Waals surface area contributed by atoms with Gasteiger partial charge in [0.2, 0.25) is 0 Å². The first-order valence-corrected chi connectivity index (χ1v) is 18.8. The van der Waals surface area contributed by atoms with Crippen molar-refractivity contribution in [1.82, 2.24) is 20.4 Å². The maximum Gasteiger partial charge on any atom is 0.407 e. The zero-order valence-corrected chi connectivity index (χ0v) is 30.4. The van der Waals surface area contributed by atoms with Crippen LogP contribution < -0.4 is 10.6 Å². The fourth-order valence-corrected chi connectivity index (χ4v) is 5.76. The third-order valence-corrected chi connectivity index (χ3v) is 9.44. The maximum atomic E-state index is 12.5. The third kappa shape index (κ3) is 19.3. The molecule has 8 unspecified atom stereocenters. The highest BCUT2D eigenvalue weighted by Gasteiger charge is 2.33. The van der Waals surface area contributed by atoms with E-state index in [1.807, 2.05) is 0 Å². The molecule has 2 saturated heterocycles. The van der Waals surface area contributed by atoms with Crippen molar-refractivity contribution in [3.05, 3.63) is 0 Å². The van der Waals surface area contributed by atoms with Gasteiger partial charge in [0.15, 0.2) is 0 Å². The van der Waals surface area contributed by atoms with Crippen LogP contribution in [0, 0.1) is 11.8 Å². The van der Waals surface area contributed by atoms with Gasteiger partial charge in [0.1, 0.15) is 12.2 Å². The predicted molar refractivity (Wildman–Crippen MR) is 185 cm³/mol. The van der Waals surface area contributed by atoms with Gasteiger partial charge in [0.25, 0.3) is 0 Å². The van der Waals surface area contributed by atoms with E-state index in [0.717, 1.165) is 77.9 Å². The minimum absolute atomic E-state index is 0.255. The number of hydrogen-bond donors (Lipinski definition) is 2. The summed E-state index contributed by atoms with van der Waals surface area (Å²) in [6, 6.07) is 1.11. The molecule has 46 heavy (non-hydrogen) atoms. The molecule has 0 saturated carbocycles. The molecule has 0 bridgehead atoms. The van der Waals surface area contributed by atoms with Crippen molar-refractivity contribution in [2.75, 3.05) is 65.7 Å². The van der Waals surface area contributed by atoms with E-state index in [1.165, 1.54) is 38.5 Å². The minimum atomic E-state index is -0.368. The molecule has 2 N–H and O–H groups in total. The van der Waals surface area contributed by atoms with E-state index in [2.05, 4.69) is 62.0 Å². The van der Waals surface area contributed by atoms with Crippen LogP contribution >= 0.6 is 0 Å². The second-order valence-corrected chi connectivity index (χ2v) is 13.8. The number of rotatable bonds is 29. The topological polar surface area (TPSA) is 101 Å². The number of carbonyl (C=O) groups excluding carboxylic acids is 2. The Morgan fingerprint density at radius 3 is 1.35 bits per heavy atom. The summed E-state index contributed by atoms with van der Waals surface area (Å²) in [7, 11) is 0. The van der Waals surface area contributed by atoms with Crippen molar-refractivity contribution in [2.24, 2.45) is 11.8 Å². The second kappa shape index (κ2) is 24.5. The molecule has 2 rings (SSSR count). The molecule has 2 heterocycles. The number of alkyl carbamates (subject to hydrolysis) is 2. The van der Waals surface area contributed by atoms with E-state index < -0.39 is 0 Å². The zero-order valence-electron chi connectivity index (χ0n) is 30.4. The molecule has 0 aromatic heterocycles. The van der Waals surface area contributed by atoms with Crippen molar-refractivity contribution in [3.63, 3.8) is 0 Å². The van der Waals surface area contributed by atoms with Gasteiger partial charge in [-0.15, -0.1) is 0 Å². The summed E-state index contributed by atoms with van der Waals surface area (Å²) in [5.74, 6) is 1.14. The van der Waals surface area contributed by atoms with Crippen LogP contribution in [0.4, 0.5) is 9.59 Å². The lowest BCUT2D eigenvalue weighted by atomic mass is 10.0. The van der Waals surface area contributed by atoms with E-state index >= 15 is 0 Å². The van der Waals surface area contributed by atoms with Gasteiger partial charge < -0.3 is 29.6 Å². The SMILES string of the molecule is CCCCC(CC)COCC(CN1CC1C)OC(=O)NCCCCCCNC(=O)OC(COCC(CC)CCCC)CN1CC1C. The van der Waals surface area contributed by atoms with E-state index in [1.54, 1.807) is 0 Å². The summed E-state index contributed by atoms with van der Waals surface area (Å²) in [6.07, 6.45) is 11.9. The lowest BCUT2D eigenvalue weighted by molar-refractivity contribution is 0.000857. The number of carbonyl (C=O) groups is 2. The molecule has 10 heteroatoms. The third-order valence-electron chi connectivity index (χ3n) is 9.44. The Morgan fingerprint density at radius 2 is 1.02 bits per heavy atom. The fourth-order valence-electron chi connectivity index (χ4n) is 5.76. The molecular formula is C36H70N4O6. The lowest BCUT2D eigenvalue weighted by Gasteiger charge is -2.21. The van der Waals surface area contributed by atoms with E-state index in [0.29, 0.717) is 50.2 Å². The smallest absolute Gasteiger partial charge is 0.407 e. The first kappa shape index (κ1) is 40.6. The van der Waals surface area contributed by atoms with Gasteiger partial charge in [-0.2, -0.15) is 0 Å². The molecule has 0 aliphatic carbocycles. The Balaban J connectivity index is 1.55. The maximum absolute atomic E-state index is 12.5. The van der Waals surface area contributed by atoms with Crippen LogP contribution in [0.2, 0.25) is 0 Å². The molecule has 0 spiro atoms. The van der Waals surface area contributed by atoms with Crippen LogP contribution in [0.5, 0.6) is 0 Å². The number of ether oxygens (including phenoxy) is 4. The van der Waals surface area contributed by atoms with Gasteiger partial charge in [-0.05, 0) is 51.4 Å². The van der Waals surface area contributed by atoms with Gasteiger partial charge in [0, 0.05) is 64.6 Å². The Morgan fingerprint density at radius 1 is 0.630 bits per heavy atom. The zero-order chi connectivity index (χ0) is 33.6. The van der Waals surface area contributed by atoms with Crippen LogP contribution in [0.15, 0.2) is 0 Å². The number of unbranched alkanes of at least 4 members (excludes halogenated alkanes) is 5. The average Bonchev–Trinajstić information content (AvgIpc) is 3.94. The van der Waals surface area contributed by atoms with Crippen LogP contribution in [0.1, 0.15) is 119 Å². The Kier molecular flexibility index (Phi) is 21.6. The lowest BCUT2D eigenvalue weighted by Crippen LogP contribution is -2.36. The molecule has 8 atom stereocenters. The normalized spacial score (nSPS) is 22.8. The molecule has 0 radical (unpaired) electrons. The van der Waals surface area contributed by atoms with Gasteiger partial charge >= 0.3 is 12.2 Å². The van der Waals surface area contributed by atoms with E-state index in [-0.39, 0.29) is 24.4 Å². The average molecular weight is 655 g/mol. The predicted octanol–water partition coefficient (Wildman–Crippen LogP) is 6.61. The van der Waals surface area contributed by atoms with Crippen molar-refractivity contribution in [1.29, 1.82) is 0 Å². The van der Waals surface area contributed by atoms with Crippen molar-refractivity contribution < 1.29 is 28.5 Å². The number of amides is 2. The standard InChI is InChI=1S/C36H70N4O6/c1-7-11-17-31(9-3)25-43-27-33(23-39-21-29(39)5)45-35(41)37-19-15-13-14-16-20-38-36(42)46-34(24-40-22-30(40)6)28-44-26-32(10-4)18-12-8-2/h29-34H,7-28H2,1-6H3,(H,37,41)(H,38,42). The fraction of sp³-hybridized carbons (Fsp3) is 0.944. The number of nitrogens with one attached hydrogen (secondary N) is 2. The first-order valence-electron chi connectivity index (χ1n) is 18.8.